The van der Waals surface area contributed by atoms with Crippen molar-refractivity contribution in [2.75, 3.05) is 6.61 Å². The third-order valence-corrected chi connectivity index (χ3v) is 4.25. The van der Waals surface area contributed by atoms with Gasteiger partial charge in [-0.3, -0.25) is 14.4 Å². The zero-order valence-electron chi connectivity index (χ0n) is 16.7. The molecule has 3 amide bonds. The van der Waals surface area contributed by atoms with Gasteiger partial charge in [-0.2, -0.15) is 0 Å². The molecule has 0 radical (unpaired) electrons. The molecule has 0 spiro atoms. The highest BCUT2D eigenvalue weighted by Gasteiger charge is 2.30. The maximum Gasteiger partial charge on any atom is 0.328 e. The number of hydrogen-bond acceptors (Lipinski definition) is 7. The lowest BCUT2D eigenvalue weighted by atomic mass is 10.1. The number of amides is 3. The van der Waals surface area contributed by atoms with Crippen molar-refractivity contribution in [2.45, 2.75) is 50.5 Å². The van der Waals surface area contributed by atoms with Crippen LogP contribution >= 0.6 is 0 Å². The number of aliphatic hydroxyl groups excluding tert-OH is 2. The summed E-state index contributed by atoms with van der Waals surface area (Å²) in [5.74, 6) is -3.84. The molecule has 0 saturated heterocycles. The first-order valence-electron chi connectivity index (χ1n) is 9.29. The molecule has 1 aromatic carbocycles. The number of carbonyl (C=O) groups excluding carboxylic acids is 3. The van der Waals surface area contributed by atoms with E-state index in [1.165, 1.54) is 13.8 Å². The van der Waals surface area contributed by atoms with Crippen molar-refractivity contribution in [3.05, 3.63) is 35.9 Å². The minimum absolute atomic E-state index is 0.263. The van der Waals surface area contributed by atoms with Crippen molar-refractivity contribution >= 4 is 23.7 Å². The maximum atomic E-state index is 12.3. The maximum absolute atomic E-state index is 12.3. The summed E-state index contributed by atoms with van der Waals surface area (Å²) in [6, 6.07) is 4.00. The fourth-order valence-electron chi connectivity index (χ4n) is 2.48. The average molecular weight is 424 g/mol. The molecule has 5 atom stereocenters. The van der Waals surface area contributed by atoms with E-state index < -0.39 is 60.6 Å². The molecule has 8 N–H and O–H groups in total. The highest BCUT2D eigenvalue weighted by Crippen LogP contribution is 2.02. The summed E-state index contributed by atoms with van der Waals surface area (Å²) < 4.78 is 0. The SMILES string of the molecule is CC(NC(=O)C(N)Cc1ccccc1)C(=O)NC(CO)C(=O)NC(C(=O)O)C(C)O. The Morgan fingerprint density at radius 2 is 1.57 bits per heavy atom. The van der Waals surface area contributed by atoms with Gasteiger partial charge >= 0.3 is 5.97 Å². The molecule has 1 aromatic rings. The van der Waals surface area contributed by atoms with Crippen LogP contribution in [0.4, 0.5) is 0 Å². The van der Waals surface area contributed by atoms with Crippen LogP contribution in [0.5, 0.6) is 0 Å². The van der Waals surface area contributed by atoms with Crippen molar-refractivity contribution in [2.24, 2.45) is 5.73 Å². The Morgan fingerprint density at radius 3 is 2.07 bits per heavy atom. The number of nitrogens with one attached hydrogen (secondary N) is 3. The summed E-state index contributed by atoms with van der Waals surface area (Å²) >= 11 is 0. The van der Waals surface area contributed by atoms with Gasteiger partial charge in [0.1, 0.15) is 12.1 Å². The molecular weight excluding hydrogens is 396 g/mol. The topological polar surface area (TPSA) is 191 Å². The van der Waals surface area contributed by atoms with Crippen LogP contribution in [0, 0.1) is 0 Å². The minimum atomic E-state index is -1.61. The van der Waals surface area contributed by atoms with Crippen LogP contribution in [0.25, 0.3) is 0 Å². The molecule has 0 aliphatic heterocycles. The fraction of sp³-hybridized carbons (Fsp3) is 0.474. The van der Waals surface area contributed by atoms with E-state index in [0.29, 0.717) is 0 Å². The summed E-state index contributed by atoms with van der Waals surface area (Å²) in [6.07, 6.45) is -1.13. The van der Waals surface area contributed by atoms with E-state index in [4.69, 9.17) is 10.8 Å². The number of carboxylic acids is 1. The standard InChI is InChI=1S/C19H28N4O7/c1-10(21-17(27)13(20)8-12-6-4-3-5-7-12)16(26)22-14(9-24)18(28)23-15(11(2)25)19(29)30/h3-7,10-11,13-15,24-25H,8-9,20H2,1-2H3,(H,21,27)(H,22,26)(H,23,28)(H,29,30). The molecule has 11 heteroatoms. The van der Waals surface area contributed by atoms with Gasteiger partial charge in [0.25, 0.3) is 0 Å². The minimum Gasteiger partial charge on any atom is -0.480 e. The van der Waals surface area contributed by atoms with Crippen molar-refractivity contribution in [1.82, 2.24) is 16.0 Å². The van der Waals surface area contributed by atoms with Gasteiger partial charge in [-0.05, 0) is 25.8 Å². The molecule has 0 aliphatic rings. The van der Waals surface area contributed by atoms with Gasteiger partial charge in [0.2, 0.25) is 17.7 Å². The van der Waals surface area contributed by atoms with Gasteiger partial charge in [0.15, 0.2) is 6.04 Å². The first-order chi connectivity index (χ1) is 14.1. The molecule has 166 valence electrons. The molecule has 0 aromatic heterocycles. The van der Waals surface area contributed by atoms with E-state index in [1.807, 2.05) is 35.6 Å². The Kier molecular flexibility index (Phi) is 9.89. The molecular formula is C19H28N4O7. The third kappa shape index (κ3) is 7.78. The normalized spacial score (nSPS) is 15.8. The Morgan fingerprint density at radius 1 is 0.967 bits per heavy atom. The van der Waals surface area contributed by atoms with Crippen LogP contribution in [-0.2, 0) is 25.6 Å². The highest BCUT2D eigenvalue weighted by atomic mass is 16.4. The number of nitrogens with two attached hydrogens (primary N) is 1. The quantitative estimate of drug-likeness (QED) is 0.202. The van der Waals surface area contributed by atoms with E-state index in [0.717, 1.165) is 5.56 Å². The van der Waals surface area contributed by atoms with Gasteiger partial charge in [0.05, 0.1) is 18.8 Å². The number of rotatable bonds is 11. The monoisotopic (exact) mass is 424 g/mol. The van der Waals surface area contributed by atoms with Crippen molar-refractivity contribution in [3.8, 4) is 0 Å². The van der Waals surface area contributed by atoms with Gasteiger partial charge in [-0.25, -0.2) is 4.79 Å². The zero-order chi connectivity index (χ0) is 22.8. The molecule has 0 bridgehead atoms. The molecule has 0 aliphatic carbocycles. The van der Waals surface area contributed by atoms with E-state index in [2.05, 4.69) is 10.6 Å². The van der Waals surface area contributed by atoms with Crippen LogP contribution in [0.2, 0.25) is 0 Å². The number of aliphatic hydroxyl groups is 2. The number of benzene rings is 1. The lowest BCUT2D eigenvalue weighted by molar-refractivity contribution is -0.145. The van der Waals surface area contributed by atoms with Gasteiger partial charge in [-0.1, -0.05) is 30.3 Å². The van der Waals surface area contributed by atoms with Crippen LogP contribution in [0.3, 0.4) is 0 Å². The Labute approximate surface area is 173 Å². The van der Waals surface area contributed by atoms with Crippen molar-refractivity contribution < 1.29 is 34.5 Å². The average Bonchev–Trinajstić information content (AvgIpc) is 2.69. The second-order valence-corrected chi connectivity index (χ2v) is 6.84. The van der Waals surface area contributed by atoms with E-state index in [9.17, 15) is 29.4 Å². The summed E-state index contributed by atoms with van der Waals surface area (Å²) in [4.78, 5) is 47.6. The molecule has 5 unspecified atom stereocenters. The van der Waals surface area contributed by atoms with Gasteiger partial charge < -0.3 is 37.0 Å². The number of aliphatic carboxylic acids is 1. The lowest BCUT2D eigenvalue weighted by Gasteiger charge is -2.23. The highest BCUT2D eigenvalue weighted by molar-refractivity contribution is 5.94. The number of carbonyl (C=O) groups is 4. The van der Waals surface area contributed by atoms with Crippen LogP contribution in [0.15, 0.2) is 30.3 Å². The van der Waals surface area contributed by atoms with Gasteiger partial charge in [0, 0.05) is 0 Å². The van der Waals surface area contributed by atoms with Gasteiger partial charge in [-0.15, -0.1) is 0 Å². The zero-order valence-corrected chi connectivity index (χ0v) is 16.7. The van der Waals surface area contributed by atoms with E-state index in [-0.39, 0.29) is 6.42 Å². The second-order valence-electron chi connectivity index (χ2n) is 6.84. The Hall–Kier alpha value is -3.02. The summed E-state index contributed by atoms with van der Waals surface area (Å²) in [6.45, 7) is 1.71. The van der Waals surface area contributed by atoms with Crippen LogP contribution < -0.4 is 21.7 Å². The summed E-state index contributed by atoms with van der Waals surface area (Å²) in [5.41, 5.74) is 6.71. The van der Waals surface area contributed by atoms with Crippen molar-refractivity contribution in [3.63, 3.8) is 0 Å². The van der Waals surface area contributed by atoms with E-state index >= 15 is 0 Å². The largest absolute Gasteiger partial charge is 0.480 e. The Balaban J connectivity index is 2.62. The van der Waals surface area contributed by atoms with E-state index in [1.54, 1.807) is 0 Å². The van der Waals surface area contributed by atoms with Crippen molar-refractivity contribution in [1.29, 1.82) is 0 Å². The molecule has 0 saturated carbocycles. The molecule has 0 fully saturated rings. The molecule has 0 heterocycles. The smallest absolute Gasteiger partial charge is 0.328 e. The predicted molar refractivity (Wildman–Crippen MR) is 106 cm³/mol. The van der Waals surface area contributed by atoms with Crippen LogP contribution in [0.1, 0.15) is 19.4 Å². The molecule has 30 heavy (non-hydrogen) atoms. The summed E-state index contributed by atoms with van der Waals surface area (Å²) in [5, 5.41) is 34.4. The number of carboxylic acid groups (broad SMARTS) is 1. The predicted octanol–water partition coefficient (Wildman–Crippen LogP) is -2.51. The first-order valence-corrected chi connectivity index (χ1v) is 9.29. The van der Waals surface area contributed by atoms with Crippen LogP contribution in [-0.4, -0.2) is 75.9 Å². The third-order valence-electron chi connectivity index (χ3n) is 4.25. The second kappa shape index (κ2) is 11.9. The lowest BCUT2D eigenvalue weighted by Crippen LogP contribution is -2.58. The fourth-order valence-corrected chi connectivity index (χ4v) is 2.48. The number of hydrogen-bond donors (Lipinski definition) is 7. The molecule has 11 nitrogen and oxygen atoms in total. The molecule has 1 rings (SSSR count). The Bertz CT molecular complexity index is 742. The summed E-state index contributed by atoms with van der Waals surface area (Å²) in [7, 11) is 0. The first kappa shape index (κ1) is 25.0.